The maximum absolute atomic E-state index is 12.5. The molecule has 1 aliphatic heterocycles. The maximum atomic E-state index is 12.5. The van der Waals surface area contributed by atoms with Gasteiger partial charge in [-0.3, -0.25) is 4.79 Å². The number of hydrogen-bond donors (Lipinski definition) is 1. The Morgan fingerprint density at radius 2 is 2.11 bits per heavy atom. The van der Waals surface area contributed by atoms with Gasteiger partial charge in [-0.1, -0.05) is 37.3 Å². The quantitative estimate of drug-likeness (QED) is 0.899. The highest BCUT2D eigenvalue weighted by molar-refractivity contribution is 5.79. The molecule has 4 nitrogen and oxygen atoms in total. The number of carbonyl (C=O) groups excluding carboxylic acids is 1. The first-order valence-corrected chi connectivity index (χ1v) is 6.80. The molecule has 2 rings (SSSR count). The molecular weight excluding hydrogens is 240 g/mol. The van der Waals surface area contributed by atoms with Gasteiger partial charge in [0.05, 0.1) is 25.2 Å². The summed E-state index contributed by atoms with van der Waals surface area (Å²) >= 11 is 0. The van der Waals surface area contributed by atoms with Gasteiger partial charge in [0, 0.05) is 12.6 Å². The smallest absolute Gasteiger partial charge is 0.227 e. The third-order valence-corrected chi connectivity index (χ3v) is 3.76. The van der Waals surface area contributed by atoms with Gasteiger partial charge in [0.1, 0.15) is 0 Å². The summed E-state index contributed by atoms with van der Waals surface area (Å²) in [6.45, 7) is 5.80. The Labute approximate surface area is 114 Å². The van der Waals surface area contributed by atoms with Crippen LogP contribution in [0.2, 0.25) is 0 Å². The van der Waals surface area contributed by atoms with Crippen molar-refractivity contribution in [2.75, 3.05) is 19.8 Å². The van der Waals surface area contributed by atoms with Crippen molar-refractivity contribution in [1.82, 2.24) is 4.90 Å². The highest BCUT2D eigenvalue weighted by Gasteiger charge is 2.30. The van der Waals surface area contributed by atoms with Crippen molar-refractivity contribution in [2.24, 2.45) is 11.7 Å². The van der Waals surface area contributed by atoms with Crippen molar-refractivity contribution in [1.29, 1.82) is 0 Å². The SMILES string of the molecule is CC(C(=O)N1CCOCC1C)C(N)c1ccccc1. The first-order valence-electron chi connectivity index (χ1n) is 6.80. The number of carbonyl (C=O) groups is 1. The Hall–Kier alpha value is -1.39. The minimum absolute atomic E-state index is 0.118. The van der Waals surface area contributed by atoms with Crippen molar-refractivity contribution in [3.8, 4) is 0 Å². The molecule has 1 heterocycles. The fourth-order valence-corrected chi connectivity index (χ4v) is 2.43. The average molecular weight is 262 g/mol. The Kier molecular flexibility index (Phi) is 4.56. The molecule has 0 spiro atoms. The molecule has 1 saturated heterocycles. The molecule has 3 atom stereocenters. The summed E-state index contributed by atoms with van der Waals surface area (Å²) in [5.41, 5.74) is 7.22. The van der Waals surface area contributed by atoms with E-state index >= 15 is 0 Å². The number of hydrogen-bond acceptors (Lipinski definition) is 3. The number of benzene rings is 1. The summed E-state index contributed by atoms with van der Waals surface area (Å²) in [5.74, 6) is -0.102. The molecule has 2 N–H and O–H groups in total. The van der Waals surface area contributed by atoms with Gasteiger partial charge >= 0.3 is 0 Å². The van der Waals surface area contributed by atoms with Crippen LogP contribution in [-0.2, 0) is 9.53 Å². The number of amides is 1. The number of rotatable bonds is 3. The van der Waals surface area contributed by atoms with E-state index in [0.717, 1.165) is 5.56 Å². The van der Waals surface area contributed by atoms with Crippen LogP contribution in [0.5, 0.6) is 0 Å². The Bertz CT molecular complexity index is 421. The normalized spacial score (nSPS) is 22.9. The molecule has 1 aromatic rings. The summed E-state index contributed by atoms with van der Waals surface area (Å²) in [6.07, 6.45) is 0. The van der Waals surface area contributed by atoms with E-state index < -0.39 is 0 Å². The summed E-state index contributed by atoms with van der Waals surface area (Å²) in [5, 5.41) is 0. The van der Waals surface area contributed by atoms with Crippen LogP contribution in [0.1, 0.15) is 25.5 Å². The third-order valence-electron chi connectivity index (χ3n) is 3.76. The standard InChI is InChI=1S/C15H22N2O2/c1-11-10-19-9-8-17(11)15(18)12(2)14(16)13-6-4-3-5-7-13/h3-7,11-12,14H,8-10,16H2,1-2H3. The Morgan fingerprint density at radius 3 is 2.74 bits per heavy atom. The van der Waals surface area contributed by atoms with Gasteiger partial charge in [-0.25, -0.2) is 0 Å². The highest BCUT2D eigenvalue weighted by Crippen LogP contribution is 2.22. The maximum Gasteiger partial charge on any atom is 0.227 e. The second-order valence-corrected chi connectivity index (χ2v) is 5.18. The topological polar surface area (TPSA) is 55.6 Å². The van der Waals surface area contributed by atoms with Gasteiger partial charge < -0.3 is 15.4 Å². The first kappa shape index (κ1) is 14.0. The number of nitrogens with zero attached hydrogens (tertiary/aromatic N) is 1. The van der Waals surface area contributed by atoms with Crippen molar-refractivity contribution in [3.63, 3.8) is 0 Å². The van der Waals surface area contributed by atoms with E-state index in [1.807, 2.05) is 49.1 Å². The zero-order valence-corrected chi connectivity index (χ0v) is 11.6. The van der Waals surface area contributed by atoms with Crippen LogP contribution in [0.25, 0.3) is 0 Å². The van der Waals surface area contributed by atoms with E-state index in [0.29, 0.717) is 19.8 Å². The molecule has 0 aliphatic carbocycles. The van der Waals surface area contributed by atoms with Crippen molar-refractivity contribution < 1.29 is 9.53 Å². The first-order chi connectivity index (χ1) is 9.11. The molecule has 0 aromatic heterocycles. The van der Waals surface area contributed by atoms with Crippen molar-refractivity contribution >= 4 is 5.91 Å². The van der Waals surface area contributed by atoms with Crippen molar-refractivity contribution in [2.45, 2.75) is 25.9 Å². The molecule has 3 unspecified atom stereocenters. The van der Waals surface area contributed by atoms with Gasteiger partial charge in [-0.2, -0.15) is 0 Å². The summed E-state index contributed by atoms with van der Waals surface area (Å²) in [4.78, 5) is 14.4. The van der Waals surface area contributed by atoms with Gasteiger partial charge in [-0.05, 0) is 12.5 Å². The van der Waals surface area contributed by atoms with E-state index in [9.17, 15) is 4.79 Å². The number of morpholine rings is 1. The lowest BCUT2D eigenvalue weighted by Crippen LogP contribution is -2.50. The molecule has 1 aromatic carbocycles. The fourth-order valence-electron chi connectivity index (χ4n) is 2.43. The van der Waals surface area contributed by atoms with Crippen LogP contribution in [0.15, 0.2) is 30.3 Å². The van der Waals surface area contributed by atoms with Gasteiger partial charge in [0.25, 0.3) is 0 Å². The molecule has 0 saturated carbocycles. The monoisotopic (exact) mass is 262 g/mol. The van der Waals surface area contributed by atoms with E-state index in [2.05, 4.69) is 0 Å². The van der Waals surface area contributed by atoms with Crippen LogP contribution in [0, 0.1) is 5.92 Å². The summed E-state index contributed by atoms with van der Waals surface area (Å²) in [7, 11) is 0. The highest BCUT2D eigenvalue weighted by atomic mass is 16.5. The Morgan fingerprint density at radius 1 is 1.42 bits per heavy atom. The lowest BCUT2D eigenvalue weighted by Gasteiger charge is -2.36. The summed E-state index contributed by atoms with van der Waals surface area (Å²) < 4.78 is 5.36. The number of ether oxygens (including phenoxy) is 1. The zero-order valence-electron chi connectivity index (χ0n) is 11.6. The third kappa shape index (κ3) is 3.14. The van der Waals surface area contributed by atoms with E-state index in [-0.39, 0.29) is 23.9 Å². The minimum Gasteiger partial charge on any atom is -0.377 e. The van der Waals surface area contributed by atoms with E-state index in [1.165, 1.54) is 0 Å². The predicted octanol–water partition coefficient (Wildman–Crippen LogP) is 1.57. The zero-order chi connectivity index (χ0) is 13.8. The van der Waals surface area contributed by atoms with E-state index in [1.54, 1.807) is 0 Å². The minimum atomic E-state index is -0.260. The lowest BCUT2D eigenvalue weighted by molar-refractivity contribution is -0.143. The molecule has 0 bridgehead atoms. The van der Waals surface area contributed by atoms with E-state index in [4.69, 9.17) is 10.5 Å². The molecule has 4 heteroatoms. The predicted molar refractivity (Wildman–Crippen MR) is 74.5 cm³/mol. The van der Waals surface area contributed by atoms with Gasteiger partial charge in [0.2, 0.25) is 5.91 Å². The molecular formula is C15H22N2O2. The largest absolute Gasteiger partial charge is 0.377 e. The number of nitrogens with two attached hydrogens (primary N) is 1. The molecule has 1 aliphatic rings. The molecule has 1 fully saturated rings. The molecule has 104 valence electrons. The van der Waals surface area contributed by atoms with Crippen LogP contribution in [0.3, 0.4) is 0 Å². The fraction of sp³-hybridized carbons (Fsp3) is 0.533. The van der Waals surface area contributed by atoms with Crippen LogP contribution < -0.4 is 5.73 Å². The molecule has 1 amide bonds. The van der Waals surface area contributed by atoms with Crippen LogP contribution in [0.4, 0.5) is 0 Å². The Balaban J connectivity index is 2.06. The second kappa shape index (κ2) is 6.17. The van der Waals surface area contributed by atoms with Crippen molar-refractivity contribution in [3.05, 3.63) is 35.9 Å². The molecule has 19 heavy (non-hydrogen) atoms. The second-order valence-electron chi connectivity index (χ2n) is 5.18. The van der Waals surface area contributed by atoms with Crippen LogP contribution >= 0.6 is 0 Å². The van der Waals surface area contributed by atoms with Gasteiger partial charge in [0.15, 0.2) is 0 Å². The van der Waals surface area contributed by atoms with Crippen LogP contribution in [-0.4, -0.2) is 36.6 Å². The summed E-state index contributed by atoms with van der Waals surface area (Å²) in [6, 6.07) is 9.66. The van der Waals surface area contributed by atoms with Gasteiger partial charge in [-0.15, -0.1) is 0 Å². The lowest BCUT2D eigenvalue weighted by atomic mass is 9.93. The molecule has 0 radical (unpaired) electrons. The average Bonchev–Trinajstić information content (AvgIpc) is 2.46.